The fourth-order valence-corrected chi connectivity index (χ4v) is 4.68. The number of carbonyl (C=O) groups excluding carboxylic acids is 1. The van der Waals surface area contributed by atoms with Gasteiger partial charge in [0.15, 0.2) is 0 Å². The molecule has 0 atom stereocenters. The van der Waals surface area contributed by atoms with Gasteiger partial charge in [0.2, 0.25) is 5.91 Å². The molecular weight excluding hydrogens is 426 g/mol. The Bertz CT molecular complexity index is 780. The Morgan fingerprint density at radius 3 is 1.93 bits per heavy atom. The van der Waals surface area contributed by atoms with E-state index in [1.54, 1.807) is 0 Å². The number of hydrogen-bond donors (Lipinski definition) is 0. The molecule has 1 amide bonds. The Balaban J connectivity index is 1.20. The maximum Gasteiger partial charge on any atom is 0.225 e. The molecule has 0 unspecified atom stereocenters. The lowest BCUT2D eigenvalue weighted by molar-refractivity contribution is -0.139. The summed E-state index contributed by atoms with van der Waals surface area (Å²) < 4.78 is 1.12. The third-order valence-corrected chi connectivity index (χ3v) is 6.72. The highest BCUT2D eigenvalue weighted by molar-refractivity contribution is 9.10. The maximum absolute atomic E-state index is 13.0. The van der Waals surface area contributed by atoms with E-state index in [0.717, 1.165) is 69.7 Å². The molecule has 2 aromatic carbocycles. The van der Waals surface area contributed by atoms with E-state index in [4.69, 9.17) is 0 Å². The lowest BCUT2D eigenvalue weighted by atomic mass is 9.94. The number of nitrogens with zero attached hydrogens (tertiary/aromatic N) is 3. The van der Waals surface area contributed by atoms with Crippen LogP contribution in [0.4, 0.5) is 0 Å². The Morgan fingerprint density at radius 2 is 1.31 bits per heavy atom. The molecule has 2 heterocycles. The van der Waals surface area contributed by atoms with Crippen LogP contribution in [-0.2, 0) is 17.9 Å². The van der Waals surface area contributed by atoms with Crippen molar-refractivity contribution in [2.24, 2.45) is 5.92 Å². The monoisotopic (exact) mass is 455 g/mol. The van der Waals surface area contributed by atoms with Crippen LogP contribution in [0.2, 0.25) is 0 Å². The summed E-state index contributed by atoms with van der Waals surface area (Å²) >= 11 is 3.49. The topological polar surface area (TPSA) is 26.8 Å². The van der Waals surface area contributed by atoms with E-state index in [9.17, 15) is 4.79 Å². The average Bonchev–Trinajstić information content (AvgIpc) is 2.77. The molecule has 29 heavy (non-hydrogen) atoms. The molecule has 5 heteroatoms. The molecule has 4 nitrogen and oxygen atoms in total. The first-order valence-electron chi connectivity index (χ1n) is 10.7. The molecular formula is C24H30BrN3O. The molecule has 154 valence electrons. The number of rotatable bonds is 5. The largest absolute Gasteiger partial charge is 0.340 e. The minimum absolute atomic E-state index is 0.205. The first-order chi connectivity index (χ1) is 14.2. The van der Waals surface area contributed by atoms with Crippen molar-refractivity contribution in [1.29, 1.82) is 0 Å². The number of benzene rings is 2. The molecule has 2 aromatic rings. The van der Waals surface area contributed by atoms with Crippen LogP contribution in [0.15, 0.2) is 59.1 Å². The summed E-state index contributed by atoms with van der Waals surface area (Å²) in [4.78, 5) is 20.0. The number of amides is 1. The summed E-state index contributed by atoms with van der Waals surface area (Å²) in [5, 5.41) is 0. The van der Waals surface area contributed by atoms with Crippen LogP contribution in [0, 0.1) is 5.92 Å². The highest BCUT2D eigenvalue weighted by Gasteiger charge is 2.30. The van der Waals surface area contributed by atoms with E-state index >= 15 is 0 Å². The molecule has 0 bridgehead atoms. The Hall–Kier alpha value is -1.69. The van der Waals surface area contributed by atoms with Gasteiger partial charge in [-0.15, -0.1) is 0 Å². The molecule has 0 saturated carbocycles. The Labute approximate surface area is 182 Å². The van der Waals surface area contributed by atoms with Gasteiger partial charge in [0.25, 0.3) is 0 Å². The van der Waals surface area contributed by atoms with Crippen molar-refractivity contribution >= 4 is 21.8 Å². The Kier molecular flexibility index (Phi) is 7.01. The van der Waals surface area contributed by atoms with Crippen LogP contribution in [0.3, 0.4) is 0 Å². The van der Waals surface area contributed by atoms with Crippen molar-refractivity contribution in [1.82, 2.24) is 14.7 Å². The zero-order valence-electron chi connectivity index (χ0n) is 17.0. The summed E-state index contributed by atoms with van der Waals surface area (Å²) in [5.41, 5.74) is 2.69. The molecule has 2 saturated heterocycles. The van der Waals surface area contributed by atoms with Gasteiger partial charge in [0.1, 0.15) is 0 Å². The fraction of sp³-hybridized carbons (Fsp3) is 0.458. The molecule has 2 aliphatic rings. The summed E-state index contributed by atoms with van der Waals surface area (Å²) in [6, 6.07) is 19.2. The minimum atomic E-state index is 0.205. The van der Waals surface area contributed by atoms with Crippen molar-refractivity contribution in [3.63, 3.8) is 0 Å². The van der Waals surface area contributed by atoms with Crippen molar-refractivity contribution in [2.75, 3.05) is 39.3 Å². The molecule has 0 aliphatic carbocycles. The van der Waals surface area contributed by atoms with Crippen molar-refractivity contribution in [3.05, 3.63) is 70.2 Å². The van der Waals surface area contributed by atoms with Crippen molar-refractivity contribution < 1.29 is 4.79 Å². The molecule has 4 rings (SSSR count). The zero-order chi connectivity index (χ0) is 20.1. The molecule has 2 fully saturated rings. The van der Waals surface area contributed by atoms with Gasteiger partial charge in [0.05, 0.1) is 0 Å². The third kappa shape index (κ3) is 5.68. The molecule has 0 radical (unpaired) electrons. The molecule has 0 N–H and O–H groups in total. The molecule has 2 aliphatic heterocycles. The van der Waals surface area contributed by atoms with Gasteiger partial charge in [-0.2, -0.15) is 0 Å². The number of likely N-dealkylation sites (tertiary alicyclic amines) is 1. The minimum Gasteiger partial charge on any atom is -0.340 e. The quantitative estimate of drug-likeness (QED) is 0.681. The number of hydrogen-bond acceptors (Lipinski definition) is 3. The van der Waals surface area contributed by atoms with Crippen LogP contribution in [0.5, 0.6) is 0 Å². The van der Waals surface area contributed by atoms with Crippen LogP contribution in [-0.4, -0.2) is 59.9 Å². The number of carbonyl (C=O) groups is 1. The first-order valence-corrected chi connectivity index (χ1v) is 11.5. The average molecular weight is 456 g/mol. The van der Waals surface area contributed by atoms with Crippen LogP contribution < -0.4 is 0 Å². The predicted molar refractivity (Wildman–Crippen MR) is 120 cm³/mol. The van der Waals surface area contributed by atoms with Crippen molar-refractivity contribution in [3.8, 4) is 0 Å². The second-order valence-electron chi connectivity index (χ2n) is 8.26. The Morgan fingerprint density at radius 1 is 0.759 bits per heavy atom. The first kappa shape index (κ1) is 20.6. The zero-order valence-corrected chi connectivity index (χ0v) is 18.6. The van der Waals surface area contributed by atoms with E-state index in [1.807, 2.05) is 0 Å². The maximum atomic E-state index is 13.0. The SMILES string of the molecule is O=C(C1CCN(Cc2ccc(Br)cc2)CC1)N1CCN(Cc2ccccc2)CC1. The van der Waals surface area contributed by atoms with Crippen LogP contribution >= 0.6 is 15.9 Å². The van der Waals surface area contributed by atoms with Crippen molar-refractivity contribution in [2.45, 2.75) is 25.9 Å². The van der Waals surface area contributed by atoms with Gasteiger partial charge >= 0.3 is 0 Å². The van der Waals surface area contributed by atoms with Gasteiger partial charge in [0, 0.05) is 49.7 Å². The lowest BCUT2D eigenvalue weighted by Gasteiger charge is -2.38. The van der Waals surface area contributed by atoms with E-state index in [-0.39, 0.29) is 5.92 Å². The summed E-state index contributed by atoms with van der Waals surface area (Å²) in [7, 11) is 0. The number of piperidine rings is 1. The third-order valence-electron chi connectivity index (χ3n) is 6.19. The number of piperazine rings is 1. The van der Waals surface area contributed by atoms with Crippen LogP contribution in [0.1, 0.15) is 24.0 Å². The van der Waals surface area contributed by atoms with Gasteiger partial charge in [-0.3, -0.25) is 14.6 Å². The number of halogens is 1. The van der Waals surface area contributed by atoms with E-state index < -0.39 is 0 Å². The normalized spacial score (nSPS) is 19.4. The van der Waals surface area contributed by atoms with Gasteiger partial charge < -0.3 is 4.90 Å². The second kappa shape index (κ2) is 9.88. The smallest absolute Gasteiger partial charge is 0.225 e. The lowest BCUT2D eigenvalue weighted by Crippen LogP contribution is -2.51. The standard InChI is InChI=1S/C24H30BrN3O/c25-23-8-6-21(7-9-23)19-26-12-10-22(11-13-26)24(29)28-16-14-27(15-17-28)18-20-4-2-1-3-5-20/h1-9,22H,10-19H2. The van der Waals surface area contributed by atoms with Crippen LogP contribution in [0.25, 0.3) is 0 Å². The summed E-state index contributed by atoms with van der Waals surface area (Å²) in [6.07, 6.45) is 1.97. The summed E-state index contributed by atoms with van der Waals surface area (Å²) in [5.74, 6) is 0.587. The van der Waals surface area contributed by atoms with E-state index in [0.29, 0.717) is 5.91 Å². The fourth-order valence-electron chi connectivity index (χ4n) is 4.41. The molecule has 0 aromatic heterocycles. The van der Waals surface area contributed by atoms with Gasteiger partial charge in [-0.05, 0) is 49.2 Å². The predicted octanol–water partition coefficient (Wildman–Crippen LogP) is 4.01. The highest BCUT2D eigenvalue weighted by atomic mass is 79.9. The van der Waals surface area contributed by atoms with E-state index in [1.165, 1.54) is 11.1 Å². The summed E-state index contributed by atoms with van der Waals surface area (Å²) in [6.45, 7) is 7.67. The highest BCUT2D eigenvalue weighted by Crippen LogP contribution is 2.22. The molecule has 0 spiro atoms. The van der Waals surface area contributed by atoms with E-state index in [2.05, 4.69) is 85.2 Å². The van der Waals surface area contributed by atoms with Gasteiger partial charge in [-0.25, -0.2) is 0 Å². The van der Waals surface area contributed by atoms with Gasteiger partial charge in [-0.1, -0.05) is 58.4 Å². The second-order valence-corrected chi connectivity index (χ2v) is 9.18.